The summed E-state index contributed by atoms with van der Waals surface area (Å²) in [6, 6.07) is 9.25. The van der Waals surface area contributed by atoms with Crippen molar-refractivity contribution in [2.45, 2.75) is 13.8 Å². The van der Waals surface area contributed by atoms with Crippen LogP contribution in [-0.4, -0.2) is 10.9 Å². The molecule has 1 amide bonds. The highest BCUT2D eigenvalue weighted by atomic mass is 127. The second-order valence-electron chi connectivity index (χ2n) is 4.44. The first-order chi connectivity index (χ1) is 9.49. The molecule has 4 N–H and O–H groups in total. The van der Waals surface area contributed by atoms with Gasteiger partial charge in [-0.1, -0.05) is 6.07 Å². The first-order valence-electron chi connectivity index (χ1n) is 6.02. The second kappa shape index (κ2) is 6.19. The average Bonchev–Trinajstić information content (AvgIpc) is 2.42. The van der Waals surface area contributed by atoms with Crippen molar-refractivity contribution in [1.29, 1.82) is 0 Å². The monoisotopic (exact) mass is 382 g/mol. The van der Waals surface area contributed by atoms with E-state index in [0.717, 1.165) is 20.5 Å². The Morgan fingerprint density at radius 3 is 2.70 bits per heavy atom. The van der Waals surface area contributed by atoms with Crippen molar-refractivity contribution >= 4 is 40.0 Å². The minimum Gasteiger partial charge on any atom is -0.322 e. The van der Waals surface area contributed by atoms with E-state index in [-0.39, 0.29) is 5.91 Å². The van der Waals surface area contributed by atoms with Crippen LogP contribution >= 0.6 is 22.6 Å². The lowest BCUT2D eigenvalue weighted by molar-refractivity contribution is 0.102. The summed E-state index contributed by atoms with van der Waals surface area (Å²) in [7, 11) is 0. The van der Waals surface area contributed by atoms with E-state index in [4.69, 9.17) is 5.84 Å². The Balaban J connectivity index is 2.28. The van der Waals surface area contributed by atoms with Crippen molar-refractivity contribution in [3.8, 4) is 0 Å². The number of anilines is 2. The summed E-state index contributed by atoms with van der Waals surface area (Å²) in [5.41, 5.74) is 5.52. The van der Waals surface area contributed by atoms with E-state index in [1.54, 1.807) is 12.1 Å². The number of rotatable bonds is 3. The molecule has 20 heavy (non-hydrogen) atoms. The fourth-order valence-electron chi connectivity index (χ4n) is 1.80. The molecule has 0 bridgehead atoms. The van der Waals surface area contributed by atoms with Crippen molar-refractivity contribution in [2.75, 3.05) is 10.7 Å². The van der Waals surface area contributed by atoms with Crippen molar-refractivity contribution in [2.24, 2.45) is 5.84 Å². The third kappa shape index (κ3) is 3.45. The molecule has 1 aromatic heterocycles. The minimum absolute atomic E-state index is 0.183. The molecule has 0 aliphatic heterocycles. The molecule has 1 aromatic carbocycles. The van der Waals surface area contributed by atoms with Gasteiger partial charge in [0.25, 0.3) is 5.91 Å². The molecule has 6 heteroatoms. The van der Waals surface area contributed by atoms with E-state index >= 15 is 0 Å². The number of hydrazine groups is 1. The lowest BCUT2D eigenvalue weighted by Gasteiger charge is -2.10. The third-order valence-corrected chi connectivity index (χ3v) is 3.48. The fraction of sp³-hybridized carbons (Fsp3) is 0.143. The lowest BCUT2D eigenvalue weighted by atomic mass is 10.1. The molecule has 0 aliphatic carbocycles. The number of nitrogens with zero attached hydrogens (tertiary/aromatic N) is 1. The highest BCUT2D eigenvalue weighted by Crippen LogP contribution is 2.19. The number of carbonyl (C=O) groups excluding carboxylic acids is 1. The summed E-state index contributed by atoms with van der Waals surface area (Å²) >= 11 is 2.21. The first-order valence-corrected chi connectivity index (χ1v) is 7.10. The van der Waals surface area contributed by atoms with Crippen molar-refractivity contribution in [3.63, 3.8) is 0 Å². The highest BCUT2D eigenvalue weighted by Gasteiger charge is 2.10. The van der Waals surface area contributed by atoms with Crippen LogP contribution in [0.15, 0.2) is 30.3 Å². The number of hydrogen-bond donors (Lipinski definition) is 3. The zero-order valence-corrected chi connectivity index (χ0v) is 13.4. The van der Waals surface area contributed by atoms with Gasteiger partial charge in [0.2, 0.25) is 0 Å². The maximum Gasteiger partial charge on any atom is 0.255 e. The standard InChI is InChI=1S/C14H15IN4O/c1-8-3-4-11(15)7-12(8)18-14(20)10-5-9(2)17-13(6-10)19-16/h3-7H,16H2,1-2H3,(H,17,19)(H,18,20). The normalized spacial score (nSPS) is 10.2. The third-order valence-electron chi connectivity index (χ3n) is 2.81. The second-order valence-corrected chi connectivity index (χ2v) is 5.69. The number of carbonyl (C=O) groups is 1. The van der Waals surface area contributed by atoms with Crippen molar-refractivity contribution in [1.82, 2.24) is 4.98 Å². The van der Waals surface area contributed by atoms with E-state index in [1.165, 1.54) is 0 Å². The number of aromatic nitrogens is 1. The van der Waals surface area contributed by atoms with Crippen molar-refractivity contribution in [3.05, 3.63) is 50.7 Å². The number of benzene rings is 1. The summed E-state index contributed by atoms with van der Waals surface area (Å²) < 4.78 is 1.07. The van der Waals surface area contributed by atoms with Gasteiger partial charge in [-0.3, -0.25) is 4.79 Å². The Labute approximate surface area is 131 Å². The van der Waals surface area contributed by atoms with Crippen LogP contribution in [0.4, 0.5) is 11.5 Å². The molecule has 2 aromatic rings. The Hall–Kier alpha value is -1.67. The summed E-state index contributed by atoms with van der Waals surface area (Å²) in [4.78, 5) is 16.4. The Kier molecular flexibility index (Phi) is 4.56. The molecular formula is C14H15IN4O. The molecule has 0 aliphatic rings. The van der Waals surface area contributed by atoms with Crippen LogP contribution in [-0.2, 0) is 0 Å². The van der Waals surface area contributed by atoms with Crippen LogP contribution in [0.5, 0.6) is 0 Å². The number of aryl methyl sites for hydroxylation is 2. The van der Waals surface area contributed by atoms with Crippen molar-refractivity contribution < 1.29 is 4.79 Å². The van der Waals surface area contributed by atoms with Gasteiger partial charge in [-0.15, -0.1) is 0 Å². The predicted octanol–water partition coefficient (Wildman–Crippen LogP) is 2.84. The van der Waals surface area contributed by atoms with Crippen LogP contribution in [0.2, 0.25) is 0 Å². The first kappa shape index (κ1) is 14.7. The molecule has 104 valence electrons. The molecule has 0 saturated carbocycles. The quantitative estimate of drug-likeness (QED) is 0.433. The van der Waals surface area contributed by atoms with E-state index in [9.17, 15) is 4.79 Å². The lowest BCUT2D eigenvalue weighted by Crippen LogP contribution is -2.15. The number of halogens is 1. The highest BCUT2D eigenvalue weighted by molar-refractivity contribution is 14.1. The smallest absolute Gasteiger partial charge is 0.255 e. The van der Waals surface area contributed by atoms with Gasteiger partial charge in [0.15, 0.2) is 0 Å². The van der Waals surface area contributed by atoms with Gasteiger partial charge in [0.05, 0.1) is 0 Å². The van der Waals surface area contributed by atoms with Gasteiger partial charge in [0, 0.05) is 20.5 Å². The van der Waals surface area contributed by atoms with Crippen LogP contribution in [0.25, 0.3) is 0 Å². The summed E-state index contributed by atoms with van der Waals surface area (Å²) in [5, 5.41) is 2.91. The molecule has 0 spiro atoms. The Morgan fingerprint density at radius 2 is 2.00 bits per heavy atom. The van der Waals surface area contributed by atoms with Crippen LogP contribution in [0.3, 0.4) is 0 Å². The molecule has 2 rings (SSSR count). The molecule has 0 fully saturated rings. The fourth-order valence-corrected chi connectivity index (χ4v) is 2.29. The summed E-state index contributed by atoms with van der Waals surface area (Å²) in [5.74, 6) is 5.62. The molecular weight excluding hydrogens is 367 g/mol. The number of nitrogen functional groups attached to an aromatic ring is 1. The van der Waals surface area contributed by atoms with E-state index in [2.05, 4.69) is 38.3 Å². The molecule has 5 nitrogen and oxygen atoms in total. The van der Waals surface area contributed by atoms with Crippen LogP contribution < -0.4 is 16.6 Å². The maximum absolute atomic E-state index is 12.3. The molecule has 0 radical (unpaired) electrons. The molecule has 1 heterocycles. The van der Waals surface area contributed by atoms with E-state index < -0.39 is 0 Å². The van der Waals surface area contributed by atoms with Gasteiger partial charge in [-0.25, -0.2) is 10.8 Å². The van der Waals surface area contributed by atoms with Gasteiger partial charge < -0.3 is 10.7 Å². The predicted molar refractivity (Wildman–Crippen MR) is 88.6 cm³/mol. The molecule has 0 saturated heterocycles. The number of pyridine rings is 1. The zero-order chi connectivity index (χ0) is 14.7. The number of amides is 1. The Morgan fingerprint density at radius 1 is 1.25 bits per heavy atom. The Bertz CT molecular complexity index is 658. The van der Waals surface area contributed by atoms with E-state index in [1.807, 2.05) is 32.0 Å². The van der Waals surface area contributed by atoms with Gasteiger partial charge in [0.1, 0.15) is 5.82 Å². The number of hydrogen-bond acceptors (Lipinski definition) is 4. The summed E-state index contributed by atoms with van der Waals surface area (Å²) in [6.45, 7) is 3.77. The SMILES string of the molecule is Cc1cc(C(=O)Nc2cc(I)ccc2C)cc(NN)n1. The van der Waals surface area contributed by atoms with Gasteiger partial charge in [-0.05, 0) is 66.3 Å². The number of nitrogens with one attached hydrogen (secondary N) is 2. The maximum atomic E-state index is 12.3. The number of nitrogens with two attached hydrogens (primary N) is 1. The average molecular weight is 382 g/mol. The van der Waals surface area contributed by atoms with Gasteiger partial charge in [-0.2, -0.15) is 0 Å². The molecule has 0 atom stereocenters. The van der Waals surface area contributed by atoms with Crippen LogP contribution in [0.1, 0.15) is 21.6 Å². The summed E-state index contributed by atoms with van der Waals surface area (Å²) in [6.07, 6.45) is 0. The molecule has 0 unspecified atom stereocenters. The zero-order valence-electron chi connectivity index (χ0n) is 11.2. The topological polar surface area (TPSA) is 80.0 Å². The van der Waals surface area contributed by atoms with E-state index in [0.29, 0.717) is 11.4 Å². The largest absolute Gasteiger partial charge is 0.322 e. The van der Waals surface area contributed by atoms with Gasteiger partial charge >= 0.3 is 0 Å². The minimum atomic E-state index is -0.183. The van der Waals surface area contributed by atoms with Crippen LogP contribution in [0, 0.1) is 17.4 Å².